The quantitative estimate of drug-likeness (QED) is 0.669. The van der Waals surface area contributed by atoms with Crippen LogP contribution in [0.15, 0.2) is 48.8 Å². The summed E-state index contributed by atoms with van der Waals surface area (Å²) < 4.78 is 0. The first-order valence-electron chi connectivity index (χ1n) is 8.07. The molecule has 0 saturated carbocycles. The molecule has 1 fully saturated rings. The Balaban J connectivity index is 1.88. The van der Waals surface area contributed by atoms with Gasteiger partial charge in [0.1, 0.15) is 12.1 Å². The van der Waals surface area contributed by atoms with Crippen LogP contribution in [0.25, 0.3) is 22.0 Å². The first kappa shape index (κ1) is 14.5. The van der Waals surface area contributed by atoms with Crippen molar-refractivity contribution in [2.24, 2.45) is 0 Å². The van der Waals surface area contributed by atoms with E-state index in [0.717, 1.165) is 46.0 Å². The number of benzene rings is 2. The smallest absolute Gasteiger partial charge is 0.139 e. The highest BCUT2D eigenvalue weighted by Gasteiger charge is 2.17. The van der Waals surface area contributed by atoms with Crippen molar-refractivity contribution in [2.45, 2.75) is 19.3 Å². The molecule has 4 rings (SSSR count). The van der Waals surface area contributed by atoms with Gasteiger partial charge >= 0.3 is 0 Å². The molecule has 4 heteroatoms. The number of anilines is 1. The first-order chi connectivity index (χ1) is 11.3. The lowest BCUT2D eigenvalue weighted by atomic mass is 10.0. The Morgan fingerprint density at radius 3 is 2.48 bits per heavy atom. The number of aromatic nitrogens is 2. The highest BCUT2D eigenvalue weighted by Crippen LogP contribution is 2.35. The standard InChI is InChI=1S/C19H18ClN3/c20-17-12-18-16(11-15(17)14-7-3-1-4-8-14)19(22-13-21-18)23-9-5-2-6-10-23/h1,3-4,7-8,11-13H,2,5-6,9-10H2. The number of hydrogen-bond acceptors (Lipinski definition) is 3. The van der Waals surface area contributed by atoms with E-state index in [1.165, 1.54) is 19.3 Å². The van der Waals surface area contributed by atoms with E-state index >= 15 is 0 Å². The predicted octanol–water partition coefficient (Wildman–Crippen LogP) is 4.94. The fourth-order valence-corrected chi connectivity index (χ4v) is 3.53. The van der Waals surface area contributed by atoms with Gasteiger partial charge in [-0.15, -0.1) is 0 Å². The Morgan fingerprint density at radius 2 is 1.70 bits per heavy atom. The van der Waals surface area contributed by atoms with E-state index in [9.17, 15) is 0 Å². The molecular weight excluding hydrogens is 306 g/mol. The molecule has 0 amide bonds. The second-order valence-corrected chi connectivity index (χ2v) is 6.37. The van der Waals surface area contributed by atoms with Crippen molar-refractivity contribution in [1.29, 1.82) is 0 Å². The number of rotatable bonds is 2. The molecule has 1 saturated heterocycles. The molecule has 0 radical (unpaired) electrons. The van der Waals surface area contributed by atoms with E-state index in [1.807, 2.05) is 24.3 Å². The lowest BCUT2D eigenvalue weighted by molar-refractivity contribution is 0.574. The third-order valence-electron chi connectivity index (χ3n) is 4.44. The third kappa shape index (κ3) is 2.77. The van der Waals surface area contributed by atoms with Gasteiger partial charge in [0.05, 0.1) is 10.5 Å². The van der Waals surface area contributed by atoms with Crippen LogP contribution in [-0.4, -0.2) is 23.1 Å². The van der Waals surface area contributed by atoms with Gasteiger partial charge in [0.15, 0.2) is 0 Å². The van der Waals surface area contributed by atoms with Crippen LogP contribution in [0.2, 0.25) is 5.02 Å². The predicted molar refractivity (Wildman–Crippen MR) is 96.0 cm³/mol. The Kier molecular flexibility index (Phi) is 3.88. The van der Waals surface area contributed by atoms with Gasteiger partial charge < -0.3 is 4.90 Å². The average Bonchev–Trinajstić information content (AvgIpc) is 2.62. The maximum Gasteiger partial charge on any atom is 0.139 e. The van der Waals surface area contributed by atoms with Crippen molar-refractivity contribution < 1.29 is 0 Å². The minimum absolute atomic E-state index is 0.729. The number of halogens is 1. The average molecular weight is 324 g/mol. The van der Waals surface area contributed by atoms with Crippen molar-refractivity contribution in [3.63, 3.8) is 0 Å². The van der Waals surface area contributed by atoms with Crippen LogP contribution < -0.4 is 4.90 Å². The largest absolute Gasteiger partial charge is 0.356 e. The molecule has 2 heterocycles. The third-order valence-corrected chi connectivity index (χ3v) is 4.76. The highest BCUT2D eigenvalue weighted by atomic mass is 35.5. The summed E-state index contributed by atoms with van der Waals surface area (Å²) in [6.45, 7) is 2.13. The molecule has 1 aromatic heterocycles. The van der Waals surface area contributed by atoms with Crippen molar-refractivity contribution in [3.05, 3.63) is 53.8 Å². The minimum atomic E-state index is 0.729. The molecule has 1 aliphatic rings. The monoisotopic (exact) mass is 323 g/mol. The normalized spacial score (nSPS) is 15.1. The van der Waals surface area contributed by atoms with Crippen LogP contribution in [0, 0.1) is 0 Å². The maximum absolute atomic E-state index is 6.50. The molecule has 2 aromatic carbocycles. The van der Waals surface area contributed by atoms with Gasteiger partial charge in [0.25, 0.3) is 0 Å². The molecule has 116 valence electrons. The van der Waals surface area contributed by atoms with E-state index in [2.05, 4.69) is 33.1 Å². The molecule has 0 unspecified atom stereocenters. The summed E-state index contributed by atoms with van der Waals surface area (Å²) in [4.78, 5) is 11.3. The summed E-state index contributed by atoms with van der Waals surface area (Å²) in [5.41, 5.74) is 3.06. The van der Waals surface area contributed by atoms with Gasteiger partial charge in [-0.1, -0.05) is 41.9 Å². The van der Waals surface area contributed by atoms with Crippen LogP contribution in [0.3, 0.4) is 0 Å². The summed E-state index contributed by atoms with van der Waals surface area (Å²) in [6.07, 6.45) is 5.40. The van der Waals surface area contributed by atoms with Crippen molar-refractivity contribution in [1.82, 2.24) is 9.97 Å². The Morgan fingerprint density at radius 1 is 0.913 bits per heavy atom. The van der Waals surface area contributed by atoms with Crippen LogP contribution in [0.1, 0.15) is 19.3 Å². The van der Waals surface area contributed by atoms with E-state index in [4.69, 9.17) is 11.6 Å². The zero-order valence-corrected chi connectivity index (χ0v) is 13.6. The Hall–Kier alpha value is -2.13. The van der Waals surface area contributed by atoms with Crippen LogP contribution in [-0.2, 0) is 0 Å². The Bertz CT molecular complexity index is 827. The fraction of sp³-hybridized carbons (Fsp3) is 0.263. The minimum Gasteiger partial charge on any atom is -0.356 e. The summed E-state index contributed by atoms with van der Waals surface area (Å²) in [5, 5.41) is 1.81. The number of nitrogens with zero attached hydrogens (tertiary/aromatic N) is 3. The molecule has 0 bridgehead atoms. The van der Waals surface area contributed by atoms with Gasteiger partial charge in [-0.25, -0.2) is 9.97 Å². The molecule has 23 heavy (non-hydrogen) atoms. The first-order valence-corrected chi connectivity index (χ1v) is 8.45. The van der Waals surface area contributed by atoms with Gasteiger partial charge in [0.2, 0.25) is 0 Å². The lowest BCUT2D eigenvalue weighted by Gasteiger charge is -2.28. The van der Waals surface area contributed by atoms with Crippen molar-refractivity contribution in [3.8, 4) is 11.1 Å². The molecule has 3 aromatic rings. The maximum atomic E-state index is 6.50. The fourth-order valence-electron chi connectivity index (χ4n) is 3.26. The SMILES string of the molecule is Clc1cc2ncnc(N3CCCCC3)c2cc1-c1ccccc1. The van der Waals surface area contributed by atoms with Gasteiger partial charge in [0, 0.05) is 24.0 Å². The van der Waals surface area contributed by atoms with Gasteiger partial charge in [-0.2, -0.15) is 0 Å². The summed E-state index contributed by atoms with van der Waals surface area (Å²) in [6, 6.07) is 14.3. The molecule has 0 spiro atoms. The summed E-state index contributed by atoms with van der Waals surface area (Å²) in [5.74, 6) is 1.03. The van der Waals surface area contributed by atoms with E-state index in [-0.39, 0.29) is 0 Å². The van der Waals surface area contributed by atoms with Gasteiger partial charge in [-0.3, -0.25) is 0 Å². The van der Waals surface area contributed by atoms with E-state index < -0.39 is 0 Å². The second kappa shape index (κ2) is 6.17. The van der Waals surface area contributed by atoms with Crippen LogP contribution >= 0.6 is 11.6 Å². The lowest BCUT2D eigenvalue weighted by Crippen LogP contribution is -2.30. The molecule has 1 aliphatic heterocycles. The summed E-state index contributed by atoms with van der Waals surface area (Å²) >= 11 is 6.50. The zero-order chi connectivity index (χ0) is 15.6. The molecule has 3 nitrogen and oxygen atoms in total. The zero-order valence-electron chi connectivity index (χ0n) is 12.9. The van der Waals surface area contributed by atoms with Crippen molar-refractivity contribution in [2.75, 3.05) is 18.0 Å². The second-order valence-electron chi connectivity index (χ2n) is 5.96. The van der Waals surface area contributed by atoms with Crippen LogP contribution in [0.5, 0.6) is 0 Å². The number of hydrogen-bond donors (Lipinski definition) is 0. The molecule has 0 N–H and O–H groups in total. The van der Waals surface area contributed by atoms with E-state index in [0.29, 0.717) is 0 Å². The number of fused-ring (bicyclic) bond motifs is 1. The highest BCUT2D eigenvalue weighted by molar-refractivity contribution is 6.34. The molecule has 0 aliphatic carbocycles. The van der Waals surface area contributed by atoms with E-state index in [1.54, 1.807) is 6.33 Å². The van der Waals surface area contributed by atoms with Gasteiger partial charge in [-0.05, 0) is 37.0 Å². The molecule has 0 atom stereocenters. The summed E-state index contributed by atoms with van der Waals surface area (Å²) in [7, 11) is 0. The van der Waals surface area contributed by atoms with Crippen molar-refractivity contribution >= 4 is 28.3 Å². The molecular formula is C19H18ClN3. The topological polar surface area (TPSA) is 29.0 Å². The van der Waals surface area contributed by atoms with Crippen LogP contribution in [0.4, 0.5) is 5.82 Å². The Labute approximate surface area is 140 Å². The number of piperidine rings is 1.